The minimum absolute atomic E-state index is 0.103. The molecule has 1 amide bonds. The molecule has 1 saturated carbocycles. The van der Waals surface area contributed by atoms with Gasteiger partial charge in [-0.3, -0.25) is 4.79 Å². The van der Waals surface area contributed by atoms with Crippen molar-refractivity contribution in [1.82, 2.24) is 4.90 Å². The first-order valence-corrected chi connectivity index (χ1v) is 7.13. The maximum absolute atomic E-state index is 11.9. The molecule has 1 saturated heterocycles. The fourth-order valence-corrected chi connectivity index (χ4v) is 3.77. The smallest absolute Gasteiger partial charge is 0.223 e. The second-order valence-corrected chi connectivity index (χ2v) is 5.73. The van der Waals surface area contributed by atoms with Crippen LogP contribution in [0.25, 0.3) is 0 Å². The van der Waals surface area contributed by atoms with Gasteiger partial charge in [-0.15, -0.1) is 0 Å². The first-order chi connectivity index (χ1) is 8.22. The van der Waals surface area contributed by atoms with Gasteiger partial charge in [0.2, 0.25) is 5.91 Å². The molecule has 2 aliphatic rings. The summed E-state index contributed by atoms with van der Waals surface area (Å²) in [5.41, 5.74) is 0.115. The number of carbonyl (C=O) groups is 1. The third-order valence-corrected chi connectivity index (χ3v) is 4.73. The van der Waals surface area contributed by atoms with Gasteiger partial charge < -0.3 is 10.0 Å². The van der Waals surface area contributed by atoms with Crippen molar-refractivity contribution in [2.75, 3.05) is 13.2 Å². The summed E-state index contributed by atoms with van der Waals surface area (Å²) < 4.78 is 0. The van der Waals surface area contributed by atoms with Gasteiger partial charge in [0.05, 0.1) is 6.61 Å². The van der Waals surface area contributed by atoms with Crippen LogP contribution >= 0.6 is 0 Å². The highest BCUT2D eigenvalue weighted by Crippen LogP contribution is 2.44. The van der Waals surface area contributed by atoms with Gasteiger partial charge in [0.25, 0.3) is 0 Å². The summed E-state index contributed by atoms with van der Waals surface area (Å²) in [5, 5.41) is 9.10. The van der Waals surface area contributed by atoms with Crippen LogP contribution in [-0.4, -0.2) is 34.6 Å². The zero-order chi connectivity index (χ0) is 12.3. The van der Waals surface area contributed by atoms with E-state index in [1.807, 2.05) is 4.90 Å². The Morgan fingerprint density at radius 2 is 2.06 bits per heavy atom. The molecule has 3 nitrogen and oxygen atoms in total. The van der Waals surface area contributed by atoms with Gasteiger partial charge >= 0.3 is 0 Å². The second-order valence-electron chi connectivity index (χ2n) is 5.73. The van der Waals surface area contributed by atoms with Crippen molar-refractivity contribution < 1.29 is 9.90 Å². The van der Waals surface area contributed by atoms with Gasteiger partial charge in [-0.05, 0) is 38.0 Å². The quantitative estimate of drug-likeness (QED) is 0.818. The molecule has 1 spiro atoms. The van der Waals surface area contributed by atoms with Gasteiger partial charge in [-0.25, -0.2) is 0 Å². The van der Waals surface area contributed by atoms with E-state index in [9.17, 15) is 4.79 Å². The molecule has 0 aromatic heterocycles. The normalized spacial score (nSPS) is 33.6. The third kappa shape index (κ3) is 2.49. The molecule has 1 N–H and O–H groups in total. The Balaban J connectivity index is 1.98. The number of hydrogen-bond acceptors (Lipinski definition) is 2. The predicted octanol–water partition coefficient (Wildman–Crippen LogP) is 2.33. The molecule has 1 heterocycles. The molecular formula is C14H25NO2. The van der Waals surface area contributed by atoms with Crippen molar-refractivity contribution >= 4 is 5.91 Å². The fraction of sp³-hybridized carbons (Fsp3) is 0.929. The zero-order valence-corrected chi connectivity index (χ0v) is 11.0. The lowest BCUT2D eigenvalue weighted by Crippen LogP contribution is -2.49. The number of rotatable bonds is 4. The predicted molar refractivity (Wildman–Crippen MR) is 67.6 cm³/mol. The Labute approximate surface area is 104 Å². The van der Waals surface area contributed by atoms with Crippen LogP contribution in [-0.2, 0) is 4.79 Å². The zero-order valence-electron chi connectivity index (χ0n) is 11.0. The van der Waals surface area contributed by atoms with E-state index in [0.717, 1.165) is 25.2 Å². The number of amides is 1. The van der Waals surface area contributed by atoms with E-state index in [4.69, 9.17) is 5.11 Å². The molecule has 2 fully saturated rings. The molecule has 0 aromatic rings. The van der Waals surface area contributed by atoms with Crippen LogP contribution in [0.5, 0.6) is 0 Å². The SMILES string of the molecule is CCCC1CCC2(CCC(=O)N2CCO)CC1. The summed E-state index contributed by atoms with van der Waals surface area (Å²) >= 11 is 0. The van der Waals surface area contributed by atoms with Crippen LogP contribution in [0.1, 0.15) is 58.3 Å². The van der Waals surface area contributed by atoms with E-state index in [-0.39, 0.29) is 18.1 Å². The largest absolute Gasteiger partial charge is 0.395 e. The molecule has 98 valence electrons. The summed E-state index contributed by atoms with van der Waals surface area (Å²) in [6, 6.07) is 0. The lowest BCUT2D eigenvalue weighted by Gasteiger charge is -2.43. The topological polar surface area (TPSA) is 40.5 Å². The fourth-order valence-electron chi connectivity index (χ4n) is 3.77. The number of carbonyl (C=O) groups excluding carboxylic acids is 1. The lowest BCUT2D eigenvalue weighted by atomic mass is 9.74. The maximum atomic E-state index is 11.9. The summed E-state index contributed by atoms with van der Waals surface area (Å²) in [6.07, 6.45) is 9.17. The molecule has 3 heteroatoms. The van der Waals surface area contributed by atoms with Gasteiger partial charge in [0, 0.05) is 18.5 Å². The van der Waals surface area contributed by atoms with Gasteiger partial charge in [0.1, 0.15) is 0 Å². The maximum Gasteiger partial charge on any atom is 0.223 e. The standard InChI is InChI=1S/C14H25NO2/c1-2-3-12-4-7-14(8-5-12)9-6-13(17)15(14)10-11-16/h12,16H,2-11H2,1H3. The molecular weight excluding hydrogens is 214 g/mol. The molecule has 0 radical (unpaired) electrons. The molecule has 0 bridgehead atoms. The average Bonchev–Trinajstić information content (AvgIpc) is 2.63. The molecule has 1 aliphatic heterocycles. The highest BCUT2D eigenvalue weighted by molar-refractivity contribution is 5.79. The van der Waals surface area contributed by atoms with Crippen LogP contribution in [0, 0.1) is 5.92 Å². The van der Waals surface area contributed by atoms with Gasteiger partial charge in [-0.1, -0.05) is 19.8 Å². The van der Waals surface area contributed by atoms with E-state index in [0.29, 0.717) is 13.0 Å². The first kappa shape index (κ1) is 12.9. The summed E-state index contributed by atoms with van der Waals surface area (Å²) in [4.78, 5) is 13.8. The van der Waals surface area contributed by atoms with Crippen LogP contribution < -0.4 is 0 Å². The average molecular weight is 239 g/mol. The van der Waals surface area contributed by atoms with Crippen LogP contribution in [0.4, 0.5) is 0 Å². The van der Waals surface area contributed by atoms with E-state index in [1.165, 1.54) is 25.7 Å². The summed E-state index contributed by atoms with van der Waals surface area (Å²) in [7, 11) is 0. The molecule has 17 heavy (non-hydrogen) atoms. The number of hydrogen-bond donors (Lipinski definition) is 1. The Hall–Kier alpha value is -0.570. The Bertz CT molecular complexity index is 269. The van der Waals surface area contributed by atoms with Crippen molar-refractivity contribution in [3.8, 4) is 0 Å². The Kier molecular flexibility index (Phi) is 4.08. The number of likely N-dealkylation sites (tertiary alicyclic amines) is 1. The van der Waals surface area contributed by atoms with Crippen molar-refractivity contribution in [1.29, 1.82) is 0 Å². The third-order valence-electron chi connectivity index (χ3n) is 4.73. The highest BCUT2D eigenvalue weighted by Gasteiger charge is 2.46. The molecule has 0 atom stereocenters. The molecule has 0 unspecified atom stereocenters. The van der Waals surface area contributed by atoms with Gasteiger partial charge in [-0.2, -0.15) is 0 Å². The van der Waals surface area contributed by atoms with Crippen LogP contribution in [0.15, 0.2) is 0 Å². The van der Waals surface area contributed by atoms with Crippen molar-refractivity contribution in [3.05, 3.63) is 0 Å². The number of aliphatic hydroxyl groups is 1. The van der Waals surface area contributed by atoms with Crippen molar-refractivity contribution in [3.63, 3.8) is 0 Å². The highest BCUT2D eigenvalue weighted by atomic mass is 16.3. The lowest BCUT2D eigenvalue weighted by molar-refractivity contribution is -0.133. The van der Waals surface area contributed by atoms with E-state index >= 15 is 0 Å². The van der Waals surface area contributed by atoms with Gasteiger partial charge in [0.15, 0.2) is 0 Å². The minimum Gasteiger partial charge on any atom is -0.395 e. The Morgan fingerprint density at radius 3 is 2.65 bits per heavy atom. The summed E-state index contributed by atoms with van der Waals surface area (Å²) in [6.45, 7) is 2.89. The first-order valence-electron chi connectivity index (χ1n) is 7.13. The number of β-amino-alcohol motifs (C(OH)–C–C–N with tert-alkyl or cyclic N) is 1. The number of nitrogens with zero attached hydrogens (tertiary/aromatic N) is 1. The number of aliphatic hydroxyl groups excluding tert-OH is 1. The molecule has 2 rings (SSSR count). The van der Waals surface area contributed by atoms with Crippen molar-refractivity contribution in [2.45, 2.75) is 63.8 Å². The molecule has 1 aliphatic carbocycles. The van der Waals surface area contributed by atoms with Crippen LogP contribution in [0.2, 0.25) is 0 Å². The minimum atomic E-state index is 0.103. The van der Waals surface area contributed by atoms with E-state index in [1.54, 1.807) is 0 Å². The van der Waals surface area contributed by atoms with E-state index < -0.39 is 0 Å². The van der Waals surface area contributed by atoms with E-state index in [2.05, 4.69) is 6.92 Å². The second kappa shape index (κ2) is 5.38. The Morgan fingerprint density at radius 1 is 1.35 bits per heavy atom. The van der Waals surface area contributed by atoms with Crippen molar-refractivity contribution in [2.24, 2.45) is 5.92 Å². The van der Waals surface area contributed by atoms with Crippen LogP contribution in [0.3, 0.4) is 0 Å². The molecule has 0 aromatic carbocycles. The monoisotopic (exact) mass is 239 g/mol. The summed E-state index contributed by atoms with van der Waals surface area (Å²) in [5.74, 6) is 1.13.